The highest BCUT2D eigenvalue weighted by Crippen LogP contribution is 2.19. The summed E-state index contributed by atoms with van der Waals surface area (Å²) in [7, 11) is 0. The quantitative estimate of drug-likeness (QED) is 0.557. The van der Waals surface area contributed by atoms with E-state index < -0.39 is 0 Å². The van der Waals surface area contributed by atoms with Crippen LogP contribution in [0.1, 0.15) is 11.1 Å². The number of hydrogen-bond donors (Lipinski definition) is 1. The van der Waals surface area contributed by atoms with Crippen molar-refractivity contribution < 1.29 is 4.74 Å². The van der Waals surface area contributed by atoms with Crippen LogP contribution in [0.3, 0.4) is 0 Å². The highest BCUT2D eigenvalue weighted by atomic mass is 16.5. The van der Waals surface area contributed by atoms with Gasteiger partial charge in [-0.25, -0.2) is 0 Å². The van der Waals surface area contributed by atoms with Crippen LogP contribution in [0, 0.1) is 0 Å². The molecule has 0 bridgehead atoms. The third-order valence-corrected chi connectivity index (χ3v) is 4.49. The lowest BCUT2D eigenvalue weighted by Crippen LogP contribution is -2.36. The summed E-state index contributed by atoms with van der Waals surface area (Å²) in [4.78, 5) is 6.65. The second kappa shape index (κ2) is 8.47. The maximum Gasteiger partial charge on any atom is 0.0977 e. The molecular formula is C22H22N4O. The van der Waals surface area contributed by atoms with Gasteiger partial charge >= 0.3 is 0 Å². The summed E-state index contributed by atoms with van der Waals surface area (Å²) in [6, 6.07) is 22.4. The molecule has 3 aromatic rings. The van der Waals surface area contributed by atoms with Crippen molar-refractivity contribution in [3.8, 4) is 0 Å². The molecule has 2 aromatic carbocycles. The summed E-state index contributed by atoms with van der Waals surface area (Å²) in [6.07, 6.45) is 3.68. The van der Waals surface area contributed by atoms with E-state index in [0.717, 1.165) is 54.5 Å². The van der Waals surface area contributed by atoms with Gasteiger partial charge in [-0.05, 0) is 6.07 Å². The average Bonchev–Trinajstić information content (AvgIpc) is 2.76. The van der Waals surface area contributed by atoms with E-state index in [9.17, 15) is 0 Å². The Kier molecular flexibility index (Phi) is 5.41. The Bertz CT molecular complexity index is 849. The first-order valence-electron chi connectivity index (χ1n) is 9.12. The first kappa shape index (κ1) is 17.2. The molecule has 0 unspecified atom stereocenters. The fourth-order valence-corrected chi connectivity index (χ4v) is 3.09. The second-order valence-corrected chi connectivity index (χ2v) is 6.34. The summed E-state index contributed by atoms with van der Waals surface area (Å²) in [6.45, 7) is 3.27. The molecule has 0 spiro atoms. The Morgan fingerprint density at radius 1 is 0.889 bits per heavy atom. The minimum Gasteiger partial charge on any atom is -0.378 e. The Morgan fingerprint density at radius 2 is 1.52 bits per heavy atom. The van der Waals surface area contributed by atoms with Crippen LogP contribution in [-0.4, -0.2) is 37.0 Å². The van der Waals surface area contributed by atoms with Crippen molar-refractivity contribution >= 4 is 17.1 Å². The van der Waals surface area contributed by atoms with Crippen molar-refractivity contribution in [2.45, 2.75) is 0 Å². The van der Waals surface area contributed by atoms with Crippen molar-refractivity contribution in [2.75, 3.05) is 36.6 Å². The van der Waals surface area contributed by atoms with Gasteiger partial charge in [0.1, 0.15) is 0 Å². The van der Waals surface area contributed by atoms with Crippen molar-refractivity contribution in [1.82, 2.24) is 4.98 Å². The fraction of sp³-hybridized carbons (Fsp3) is 0.182. The zero-order chi connectivity index (χ0) is 18.3. The maximum absolute atomic E-state index is 5.43. The molecule has 0 saturated carbocycles. The molecule has 0 atom stereocenters. The van der Waals surface area contributed by atoms with Crippen molar-refractivity contribution in [3.63, 3.8) is 0 Å². The molecule has 1 N–H and O–H groups in total. The van der Waals surface area contributed by atoms with Crippen LogP contribution in [0.25, 0.3) is 0 Å². The molecule has 4 rings (SSSR count). The predicted molar refractivity (Wildman–Crippen MR) is 109 cm³/mol. The van der Waals surface area contributed by atoms with Crippen molar-refractivity contribution in [2.24, 2.45) is 5.10 Å². The lowest BCUT2D eigenvalue weighted by atomic mass is 10.0. The first-order valence-corrected chi connectivity index (χ1v) is 9.12. The monoisotopic (exact) mass is 358 g/mol. The Balaban J connectivity index is 1.60. The van der Waals surface area contributed by atoms with Crippen LogP contribution in [0.2, 0.25) is 0 Å². The normalized spacial score (nSPS) is 13.9. The number of pyridine rings is 1. The van der Waals surface area contributed by atoms with E-state index in [1.807, 2.05) is 42.6 Å². The number of hydrazone groups is 1. The first-order chi connectivity index (χ1) is 13.4. The zero-order valence-electron chi connectivity index (χ0n) is 15.1. The molecular weight excluding hydrogens is 336 g/mol. The molecule has 1 aromatic heterocycles. The summed E-state index contributed by atoms with van der Waals surface area (Å²) < 4.78 is 5.43. The molecule has 5 heteroatoms. The van der Waals surface area contributed by atoms with Gasteiger partial charge < -0.3 is 9.64 Å². The van der Waals surface area contributed by atoms with Gasteiger partial charge in [-0.2, -0.15) is 5.10 Å². The van der Waals surface area contributed by atoms with E-state index in [-0.39, 0.29) is 0 Å². The molecule has 1 aliphatic heterocycles. The number of rotatable bonds is 5. The molecule has 0 radical (unpaired) electrons. The highest BCUT2D eigenvalue weighted by molar-refractivity contribution is 6.13. The van der Waals surface area contributed by atoms with Crippen LogP contribution < -0.4 is 10.3 Å². The van der Waals surface area contributed by atoms with Gasteiger partial charge in [0.25, 0.3) is 0 Å². The summed E-state index contributed by atoms with van der Waals surface area (Å²) >= 11 is 0. The number of morpholine rings is 1. The molecule has 0 amide bonds. The Hall–Kier alpha value is -3.18. The molecule has 27 heavy (non-hydrogen) atoms. The van der Waals surface area contributed by atoms with E-state index in [2.05, 4.69) is 45.6 Å². The fourth-order valence-electron chi connectivity index (χ4n) is 3.09. The largest absolute Gasteiger partial charge is 0.378 e. The lowest BCUT2D eigenvalue weighted by molar-refractivity contribution is 0.122. The van der Waals surface area contributed by atoms with E-state index in [1.165, 1.54) is 0 Å². The topological polar surface area (TPSA) is 49.8 Å². The number of nitrogens with zero attached hydrogens (tertiary/aromatic N) is 3. The van der Waals surface area contributed by atoms with Gasteiger partial charge in [0, 0.05) is 24.2 Å². The molecule has 2 heterocycles. The van der Waals surface area contributed by atoms with Gasteiger partial charge in [-0.15, -0.1) is 0 Å². The standard InChI is InChI=1S/C22H22N4O/c1-3-7-18(8-4-1)22(19-9-5-2-6-10-19)25-24-20-15-21(17-23-16-20)26-11-13-27-14-12-26/h1-10,15-17,24H,11-14H2. The minimum absolute atomic E-state index is 0.752. The van der Waals surface area contributed by atoms with Gasteiger partial charge in [-0.1, -0.05) is 60.7 Å². The van der Waals surface area contributed by atoms with Crippen LogP contribution in [-0.2, 0) is 4.74 Å². The Morgan fingerprint density at radius 3 is 2.15 bits per heavy atom. The third-order valence-electron chi connectivity index (χ3n) is 4.49. The van der Waals surface area contributed by atoms with E-state index in [4.69, 9.17) is 9.84 Å². The molecule has 1 aliphatic rings. The van der Waals surface area contributed by atoms with E-state index in [0.29, 0.717) is 0 Å². The Labute approximate surface area is 159 Å². The van der Waals surface area contributed by atoms with E-state index in [1.54, 1.807) is 6.20 Å². The SMILES string of the molecule is c1ccc(C(=NNc2cncc(N3CCOCC3)c2)c2ccccc2)cc1. The highest BCUT2D eigenvalue weighted by Gasteiger charge is 2.12. The van der Waals surface area contributed by atoms with Gasteiger partial charge in [0.2, 0.25) is 0 Å². The number of nitrogens with one attached hydrogen (secondary N) is 1. The van der Waals surface area contributed by atoms with Gasteiger partial charge in [0.15, 0.2) is 0 Å². The number of anilines is 2. The summed E-state index contributed by atoms with van der Waals surface area (Å²) in [5.41, 5.74) is 8.16. The summed E-state index contributed by atoms with van der Waals surface area (Å²) in [5.74, 6) is 0. The van der Waals surface area contributed by atoms with Gasteiger partial charge in [0.05, 0.1) is 42.7 Å². The number of hydrogen-bond acceptors (Lipinski definition) is 5. The molecule has 1 saturated heterocycles. The second-order valence-electron chi connectivity index (χ2n) is 6.34. The third kappa shape index (κ3) is 4.33. The smallest absolute Gasteiger partial charge is 0.0977 e. The predicted octanol–water partition coefficient (Wildman–Crippen LogP) is 3.78. The molecule has 136 valence electrons. The van der Waals surface area contributed by atoms with Crippen LogP contribution in [0.5, 0.6) is 0 Å². The summed E-state index contributed by atoms with van der Waals surface area (Å²) in [5, 5.41) is 4.70. The number of benzene rings is 2. The average molecular weight is 358 g/mol. The van der Waals surface area contributed by atoms with Crippen molar-refractivity contribution in [3.05, 3.63) is 90.3 Å². The van der Waals surface area contributed by atoms with E-state index >= 15 is 0 Å². The number of aromatic nitrogens is 1. The molecule has 5 nitrogen and oxygen atoms in total. The van der Waals surface area contributed by atoms with Gasteiger partial charge in [-0.3, -0.25) is 10.4 Å². The van der Waals surface area contributed by atoms with Crippen LogP contribution in [0.15, 0.2) is 84.2 Å². The molecule has 1 fully saturated rings. The van der Waals surface area contributed by atoms with Crippen molar-refractivity contribution in [1.29, 1.82) is 0 Å². The van der Waals surface area contributed by atoms with Crippen LogP contribution >= 0.6 is 0 Å². The zero-order valence-corrected chi connectivity index (χ0v) is 15.1. The molecule has 0 aliphatic carbocycles. The maximum atomic E-state index is 5.43. The lowest BCUT2D eigenvalue weighted by Gasteiger charge is -2.28. The number of ether oxygens (including phenoxy) is 1. The minimum atomic E-state index is 0.752. The van der Waals surface area contributed by atoms with Crippen LogP contribution in [0.4, 0.5) is 11.4 Å².